The maximum atomic E-state index is 12.7. The third kappa shape index (κ3) is 3.80. The number of nitrogen functional groups attached to an aromatic ring is 1. The highest BCUT2D eigenvalue weighted by molar-refractivity contribution is 5.94. The van der Waals surface area contributed by atoms with E-state index in [1.54, 1.807) is 0 Å². The fraction of sp³-hybridized carbons (Fsp3) is 0.500. The molecule has 152 valence electrons. The summed E-state index contributed by atoms with van der Waals surface area (Å²) in [5, 5.41) is 15.1. The Morgan fingerprint density at radius 2 is 2.00 bits per heavy atom. The van der Waals surface area contributed by atoms with Crippen LogP contribution < -0.4 is 21.9 Å². The highest BCUT2D eigenvalue weighted by Gasteiger charge is 2.25. The molecule has 2 aromatic rings. The molecule has 0 aliphatic heterocycles. The topological polar surface area (TPSA) is 162 Å². The third-order valence-electron chi connectivity index (χ3n) is 4.47. The molecule has 0 saturated carbocycles. The van der Waals surface area contributed by atoms with Crippen LogP contribution in [0.2, 0.25) is 0 Å². The Bertz CT molecular complexity index is 1030. The number of nitrogens with zero attached hydrogens (tertiary/aromatic N) is 5. The van der Waals surface area contributed by atoms with Gasteiger partial charge in [0, 0.05) is 13.6 Å². The predicted molar refractivity (Wildman–Crippen MR) is 102 cm³/mol. The van der Waals surface area contributed by atoms with Gasteiger partial charge in [-0.25, -0.2) is 4.79 Å². The van der Waals surface area contributed by atoms with E-state index < -0.39 is 22.1 Å². The van der Waals surface area contributed by atoms with Gasteiger partial charge in [0.25, 0.3) is 5.56 Å². The zero-order chi connectivity index (χ0) is 21.2. The minimum Gasteiger partial charge on any atom is -0.383 e. The molecule has 0 aliphatic rings. The number of aromatic nitrogens is 4. The number of H-pyrrole nitrogens is 1. The fourth-order valence-electron chi connectivity index (χ4n) is 2.90. The number of carbonyl (C=O) groups excluding carboxylic acids is 1. The van der Waals surface area contributed by atoms with Crippen molar-refractivity contribution in [2.45, 2.75) is 46.7 Å². The molecule has 2 heterocycles. The van der Waals surface area contributed by atoms with Crippen molar-refractivity contribution in [3.63, 3.8) is 0 Å². The molecule has 0 bridgehead atoms. The highest BCUT2D eigenvalue weighted by Crippen LogP contribution is 2.22. The molecule has 0 fully saturated rings. The summed E-state index contributed by atoms with van der Waals surface area (Å²) in [6.07, 6.45) is 1.48. The SMILES string of the molecule is CCCCn1c(N)c(N(C)C(=O)Cn2nc(C)c([N+](=O)[O-])c2C)c(=O)[nH]c1=O. The van der Waals surface area contributed by atoms with Gasteiger partial charge in [0.05, 0.1) is 4.92 Å². The van der Waals surface area contributed by atoms with Crippen LogP contribution in [-0.4, -0.2) is 37.2 Å². The van der Waals surface area contributed by atoms with E-state index in [1.165, 1.54) is 30.1 Å². The van der Waals surface area contributed by atoms with Gasteiger partial charge in [0.15, 0.2) is 5.69 Å². The number of aryl methyl sites for hydroxylation is 1. The number of hydrogen-bond donors (Lipinski definition) is 2. The Morgan fingerprint density at radius 3 is 2.54 bits per heavy atom. The number of hydrogen-bond acceptors (Lipinski definition) is 7. The number of nitrogens with one attached hydrogen (secondary N) is 1. The molecule has 0 aliphatic carbocycles. The van der Waals surface area contributed by atoms with Gasteiger partial charge in [-0.05, 0) is 20.3 Å². The summed E-state index contributed by atoms with van der Waals surface area (Å²) in [5.74, 6) is -0.684. The summed E-state index contributed by atoms with van der Waals surface area (Å²) in [5.41, 5.74) is 4.65. The summed E-state index contributed by atoms with van der Waals surface area (Å²) in [7, 11) is 1.35. The minimum absolute atomic E-state index is 0.114. The van der Waals surface area contributed by atoms with E-state index in [0.29, 0.717) is 13.0 Å². The van der Waals surface area contributed by atoms with E-state index in [0.717, 1.165) is 11.3 Å². The Morgan fingerprint density at radius 1 is 1.36 bits per heavy atom. The molecule has 1 amide bonds. The van der Waals surface area contributed by atoms with Gasteiger partial charge >= 0.3 is 11.4 Å². The van der Waals surface area contributed by atoms with Crippen molar-refractivity contribution < 1.29 is 9.72 Å². The summed E-state index contributed by atoms with van der Waals surface area (Å²) in [6, 6.07) is 0. The average Bonchev–Trinajstić information content (AvgIpc) is 2.87. The lowest BCUT2D eigenvalue weighted by atomic mass is 10.3. The molecule has 0 radical (unpaired) electrons. The zero-order valence-electron chi connectivity index (χ0n) is 16.2. The van der Waals surface area contributed by atoms with Crippen molar-refractivity contribution in [1.82, 2.24) is 19.3 Å². The standard InChI is InChI=1S/C16H23N7O5/c1-5-6-7-21-14(17)13(15(25)18-16(21)26)20(4)11(24)8-22-10(3)12(23(27)28)9(2)19-22/h5-8,17H2,1-4H3,(H,18,25,26). The van der Waals surface area contributed by atoms with E-state index in [-0.39, 0.29) is 35.1 Å². The van der Waals surface area contributed by atoms with Crippen LogP contribution in [0.3, 0.4) is 0 Å². The fourth-order valence-corrected chi connectivity index (χ4v) is 2.90. The smallest absolute Gasteiger partial charge is 0.330 e. The predicted octanol–water partition coefficient (Wildman–Crippen LogP) is 0.303. The van der Waals surface area contributed by atoms with Crippen molar-refractivity contribution >= 4 is 23.1 Å². The van der Waals surface area contributed by atoms with Crippen LogP contribution in [0, 0.1) is 24.0 Å². The Kier molecular flexibility index (Phi) is 6.01. The third-order valence-corrected chi connectivity index (χ3v) is 4.47. The van der Waals surface area contributed by atoms with E-state index in [1.807, 2.05) is 6.92 Å². The highest BCUT2D eigenvalue weighted by atomic mass is 16.6. The molecule has 0 unspecified atom stereocenters. The normalized spacial score (nSPS) is 10.9. The molecule has 12 nitrogen and oxygen atoms in total. The molecule has 0 aromatic carbocycles. The number of nitrogens with two attached hydrogens (primary N) is 1. The number of nitro groups is 1. The van der Waals surface area contributed by atoms with E-state index >= 15 is 0 Å². The van der Waals surface area contributed by atoms with Gasteiger partial charge in [-0.3, -0.25) is 33.9 Å². The van der Waals surface area contributed by atoms with Crippen LogP contribution in [0.4, 0.5) is 17.2 Å². The van der Waals surface area contributed by atoms with Crippen molar-refractivity contribution in [3.05, 3.63) is 42.3 Å². The van der Waals surface area contributed by atoms with E-state index in [4.69, 9.17) is 5.73 Å². The van der Waals surface area contributed by atoms with E-state index in [2.05, 4.69) is 10.1 Å². The summed E-state index contributed by atoms with van der Waals surface area (Å²) in [6.45, 7) is 4.87. The summed E-state index contributed by atoms with van der Waals surface area (Å²) in [4.78, 5) is 50.6. The lowest BCUT2D eigenvalue weighted by Crippen LogP contribution is -2.40. The van der Waals surface area contributed by atoms with Crippen LogP contribution in [0.5, 0.6) is 0 Å². The largest absolute Gasteiger partial charge is 0.383 e. The Balaban J connectivity index is 2.39. The van der Waals surface area contributed by atoms with Crippen LogP contribution in [-0.2, 0) is 17.9 Å². The Hall–Kier alpha value is -3.44. The molecular formula is C16H23N7O5. The molecule has 12 heteroatoms. The van der Waals surface area contributed by atoms with Crippen molar-refractivity contribution in [1.29, 1.82) is 0 Å². The molecule has 0 spiro atoms. The molecule has 0 saturated heterocycles. The first kappa shape index (κ1) is 20.9. The zero-order valence-corrected chi connectivity index (χ0v) is 16.2. The van der Waals surface area contributed by atoms with E-state index in [9.17, 15) is 24.5 Å². The lowest BCUT2D eigenvalue weighted by molar-refractivity contribution is -0.386. The van der Waals surface area contributed by atoms with Crippen molar-refractivity contribution in [2.75, 3.05) is 17.7 Å². The molecule has 28 heavy (non-hydrogen) atoms. The number of amides is 1. The molecule has 3 N–H and O–H groups in total. The number of anilines is 2. The number of aromatic amines is 1. The van der Waals surface area contributed by atoms with Gasteiger partial charge in [0.1, 0.15) is 23.8 Å². The average molecular weight is 393 g/mol. The number of likely N-dealkylation sites (N-methyl/N-ethyl adjacent to an activating group) is 1. The monoisotopic (exact) mass is 393 g/mol. The maximum Gasteiger partial charge on any atom is 0.330 e. The van der Waals surface area contributed by atoms with Gasteiger partial charge in [-0.1, -0.05) is 13.3 Å². The second-order valence-corrected chi connectivity index (χ2v) is 6.39. The minimum atomic E-state index is -0.787. The van der Waals surface area contributed by atoms with Crippen LogP contribution in [0.1, 0.15) is 31.2 Å². The Labute approximate surface area is 159 Å². The summed E-state index contributed by atoms with van der Waals surface area (Å²) < 4.78 is 2.40. The van der Waals surface area contributed by atoms with Gasteiger partial charge < -0.3 is 10.6 Å². The number of unbranched alkanes of at least 4 members (excludes halogenated alkanes) is 1. The lowest BCUT2D eigenvalue weighted by Gasteiger charge is -2.20. The summed E-state index contributed by atoms with van der Waals surface area (Å²) >= 11 is 0. The maximum absolute atomic E-state index is 12.7. The first-order chi connectivity index (χ1) is 13.1. The molecule has 2 aromatic heterocycles. The first-order valence-corrected chi connectivity index (χ1v) is 8.67. The van der Waals surface area contributed by atoms with Crippen LogP contribution >= 0.6 is 0 Å². The number of carbonyl (C=O) groups is 1. The first-order valence-electron chi connectivity index (χ1n) is 8.67. The second-order valence-electron chi connectivity index (χ2n) is 6.39. The van der Waals surface area contributed by atoms with Crippen molar-refractivity contribution in [3.8, 4) is 0 Å². The van der Waals surface area contributed by atoms with Gasteiger partial charge in [0.2, 0.25) is 5.91 Å². The van der Waals surface area contributed by atoms with Gasteiger partial charge in [-0.15, -0.1) is 0 Å². The van der Waals surface area contributed by atoms with Crippen LogP contribution in [0.25, 0.3) is 0 Å². The molecule has 0 atom stereocenters. The van der Waals surface area contributed by atoms with Crippen molar-refractivity contribution in [2.24, 2.45) is 0 Å². The number of rotatable bonds is 7. The molecule has 2 rings (SSSR count). The second kappa shape index (κ2) is 8.06. The van der Waals surface area contributed by atoms with Gasteiger partial charge in [-0.2, -0.15) is 5.10 Å². The quantitative estimate of drug-likeness (QED) is 0.505. The molecular weight excluding hydrogens is 370 g/mol. The van der Waals surface area contributed by atoms with Crippen LogP contribution in [0.15, 0.2) is 9.59 Å².